The third-order valence-corrected chi connectivity index (χ3v) is 3.84. The summed E-state index contributed by atoms with van der Waals surface area (Å²) in [7, 11) is 0. The topological polar surface area (TPSA) is 68.8 Å². The van der Waals surface area contributed by atoms with Gasteiger partial charge in [-0.2, -0.15) is 4.98 Å². The largest absolute Gasteiger partial charge is 0.368 e. The molecule has 5 nitrogen and oxygen atoms in total. The van der Waals surface area contributed by atoms with Crippen molar-refractivity contribution in [2.24, 2.45) is 5.92 Å². The lowest BCUT2D eigenvalue weighted by Gasteiger charge is -2.12. The molecule has 2 heterocycles. The molecular weight excluding hydrogens is 286 g/mol. The van der Waals surface area contributed by atoms with E-state index in [1.165, 1.54) is 5.56 Å². The summed E-state index contributed by atoms with van der Waals surface area (Å²) in [5.74, 6) is 1.77. The zero-order chi connectivity index (χ0) is 16.2. The molecule has 0 bridgehead atoms. The molecule has 0 radical (unpaired) electrons. The normalized spacial score (nSPS) is 11.3. The van der Waals surface area contributed by atoms with Crippen LogP contribution in [-0.4, -0.2) is 21.1 Å². The Morgan fingerprint density at radius 2 is 1.91 bits per heavy atom. The Balaban J connectivity index is 1.93. The van der Waals surface area contributed by atoms with E-state index in [-0.39, 0.29) is 0 Å². The lowest BCUT2D eigenvalue weighted by atomic mass is 10.1. The van der Waals surface area contributed by atoms with Crippen molar-refractivity contribution in [1.29, 1.82) is 0 Å². The highest BCUT2D eigenvalue weighted by atomic mass is 15.1. The molecule has 23 heavy (non-hydrogen) atoms. The molecule has 0 spiro atoms. The summed E-state index contributed by atoms with van der Waals surface area (Å²) in [5, 5.41) is 3.42. The SMILES string of the molecule is CC(C)CCNc1nc(N)nc2ccn(Cc3ccccc3)c12. The van der Waals surface area contributed by atoms with Crippen molar-refractivity contribution in [1.82, 2.24) is 14.5 Å². The Morgan fingerprint density at radius 3 is 2.65 bits per heavy atom. The molecule has 0 aliphatic heterocycles. The molecule has 0 aliphatic carbocycles. The fourth-order valence-electron chi connectivity index (χ4n) is 2.64. The summed E-state index contributed by atoms with van der Waals surface area (Å²) in [4.78, 5) is 8.76. The van der Waals surface area contributed by atoms with Crippen molar-refractivity contribution in [3.63, 3.8) is 0 Å². The summed E-state index contributed by atoms with van der Waals surface area (Å²) in [6, 6.07) is 12.4. The highest BCUT2D eigenvalue weighted by Crippen LogP contribution is 2.23. The van der Waals surface area contributed by atoms with E-state index in [4.69, 9.17) is 5.73 Å². The number of nitrogen functional groups attached to an aromatic ring is 1. The predicted molar refractivity (Wildman–Crippen MR) is 95.4 cm³/mol. The number of anilines is 2. The number of rotatable bonds is 6. The van der Waals surface area contributed by atoms with Crippen LogP contribution >= 0.6 is 0 Å². The van der Waals surface area contributed by atoms with E-state index >= 15 is 0 Å². The van der Waals surface area contributed by atoms with E-state index < -0.39 is 0 Å². The van der Waals surface area contributed by atoms with Gasteiger partial charge in [0.2, 0.25) is 5.95 Å². The molecular formula is C18H23N5. The van der Waals surface area contributed by atoms with E-state index in [1.54, 1.807) is 0 Å². The molecule has 0 unspecified atom stereocenters. The molecule has 3 aromatic rings. The maximum atomic E-state index is 5.85. The van der Waals surface area contributed by atoms with Gasteiger partial charge in [0.1, 0.15) is 5.52 Å². The Bertz CT molecular complexity index is 777. The minimum absolute atomic E-state index is 0.307. The van der Waals surface area contributed by atoms with Gasteiger partial charge >= 0.3 is 0 Å². The van der Waals surface area contributed by atoms with Gasteiger partial charge in [-0.25, -0.2) is 4.98 Å². The van der Waals surface area contributed by atoms with Crippen molar-refractivity contribution in [3.8, 4) is 0 Å². The van der Waals surface area contributed by atoms with Crippen molar-refractivity contribution >= 4 is 22.8 Å². The van der Waals surface area contributed by atoms with Crippen LogP contribution in [0.25, 0.3) is 11.0 Å². The van der Waals surface area contributed by atoms with Gasteiger partial charge in [0, 0.05) is 19.3 Å². The molecule has 120 valence electrons. The monoisotopic (exact) mass is 309 g/mol. The van der Waals surface area contributed by atoms with E-state index in [0.717, 1.165) is 36.4 Å². The Morgan fingerprint density at radius 1 is 1.13 bits per heavy atom. The lowest BCUT2D eigenvalue weighted by Crippen LogP contribution is -2.10. The van der Waals surface area contributed by atoms with Crippen LogP contribution in [0.3, 0.4) is 0 Å². The first-order chi connectivity index (χ1) is 11.1. The first-order valence-corrected chi connectivity index (χ1v) is 8.03. The van der Waals surface area contributed by atoms with Crippen LogP contribution in [0.2, 0.25) is 0 Å². The number of aromatic nitrogens is 3. The smallest absolute Gasteiger partial charge is 0.222 e. The molecule has 0 atom stereocenters. The maximum absolute atomic E-state index is 5.85. The third kappa shape index (κ3) is 3.62. The number of hydrogen-bond donors (Lipinski definition) is 2. The lowest BCUT2D eigenvalue weighted by molar-refractivity contribution is 0.606. The molecule has 2 aromatic heterocycles. The average molecular weight is 309 g/mol. The van der Waals surface area contributed by atoms with Crippen LogP contribution < -0.4 is 11.1 Å². The Kier molecular flexibility index (Phi) is 4.46. The van der Waals surface area contributed by atoms with Gasteiger partial charge in [-0.1, -0.05) is 44.2 Å². The first-order valence-electron chi connectivity index (χ1n) is 8.03. The van der Waals surface area contributed by atoms with Gasteiger partial charge in [0.15, 0.2) is 5.82 Å². The number of nitrogens with two attached hydrogens (primary N) is 1. The second-order valence-corrected chi connectivity index (χ2v) is 6.20. The number of nitrogens with one attached hydrogen (secondary N) is 1. The molecule has 0 saturated heterocycles. The average Bonchev–Trinajstić information content (AvgIpc) is 2.90. The quantitative estimate of drug-likeness (QED) is 0.731. The molecule has 0 saturated carbocycles. The van der Waals surface area contributed by atoms with Gasteiger partial charge in [-0.3, -0.25) is 0 Å². The summed E-state index contributed by atoms with van der Waals surface area (Å²) in [6.45, 7) is 6.09. The zero-order valence-electron chi connectivity index (χ0n) is 13.7. The minimum atomic E-state index is 0.307. The molecule has 5 heteroatoms. The van der Waals surface area contributed by atoms with Gasteiger partial charge in [-0.05, 0) is 24.0 Å². The highest BCUT2D eigenvalue weighted by molar-refractivity contribution is 5.87. The highest BCUT2D eigenvalue weighted by Gasteiger charge is 2.11. The second kappa shape index (κ2) is 6.69. The van der Waals surface area contributed by atoms with E-state index in [9.17, 15) is 0 Å². The van der Waals surface area contributed by atoms with E-state index in [0.29, 0.717) is 11.9 Å². The molecule has 0 aliphatic rings. The van der Waals surface area contributed by atoms with E-state index in [2.05, 4.69) is 58.0 Å². The summed E-state index contributed by atoms with van der Waals surface area (Å²) in [5.41, 5.74) is 8.97. The fraction of sp³-hybridized carbons (Fsp3) is 0.333. The molecule has 0 fully saturated rings. The first kappa shape index (κ1) is 15.3. The Labute approximate surface area is 136 Å². The molecule has 3 rings (SSSR count). The summed E-state index contributed by atoms with van der Waals surface area (Å²) >= 11 is 0. The van der Waals surface area contributed by atoms with Crippen LogP contribution in [0, 0.1) is 5.92 Å². The van der Waals surface area contributed by atoms with Crippen molar-refractivity contribution < 1.29 is 0 Å². The second-order valence-electron chi connectivity index (χ2n) is 6.20. The van der Waals surface area contributed by atoms with Gasteiger partial charge in [0.25, 0.3) is 0 Å². The molecule has 0 amide bonds. The minimum Gasteiger partial charge on any atom is -0.368 e. The van der Waals surface area contributed by atoms with Crippen LogP contribution in [0.5, 0.6) is 0 Å². The maximum Gasteiger partial charge on any atom is 0.222 e. The van der Waals surface area contributed by atoms with Gasteiger partial charge < -0.3 is 15.6 Å². The van der Waals surface area contributed by atoms with E-state index in [1.807, 2.05) is 18.3 Å². The summed E-state index contributed by atoms with van der Waals surface area (Å²) in [6.07, 6.45) is 3.13. The summed E-state index contributed by atoms with van der Waals surface area (Å²) < 4.78 is 2.17. The molecule has 1 aromatic carbocycles. The van der Waals surface area contributed by atoms with Gasteiger partial charge in [-0.15, -0.1) is 0 Å². The van der Waals surface area contributed by atoms with Gasteiger partial charge in [0.05, 0.1) is 5.52 Å². The zero-order valence-corrected chi connectivity index (χ0v) is 13.7. The van der Waals surface area contributed by atoms with Crippen molar-refractivity contribution in [3.05, 3.63) is 48.2 Å². The third-order valence-electron chi connectivity index (χ3n) is 3.84. The standard InChI is InChI=1S/C18H23N5/c1-13(2)8-10-20-17-16-15(21-18(19)22-17)9-11-23(16)12-14-6-4-3-5-7-14/h3-7,9,11,13H,8,10,12H2,1-2H3,(H3,19,20,21,22). The predicted octanol–water partition coefficient (Wildman–Crippen LogP) is 3.52. The molecule has 3 N–H and O–H groups in total. The fourth-order valence-corrected chi connectivity index (χ4v) is 2.64. The van der Waals surface area contributed by atoms with Crippen LogP contribution in [-0.2, 0) is 6.54 Å². The Hall–Kier alpha value is -2.56. The number of nitrogens with zero attached hydrogens (tertiary/aromatic N) is 3. The van der Waals surface area contributed by atoms with Crippen LogP contribution in [0.4, 0.5) is 11.8 Å². The number of benzene rings is 1. The van der Waals surface area contributed by atoms with Crippen LogP contribution in [0.15, 0.2) is 42.6 Å². The van der Waals surface area contributed by atoms with Crippen molar-refractivity contribution in [2.45, 2.75) is 26.8 Å². The number of hydrogen-bond acceptors (Lipinski definition) is 4. The van der Waals surface area contributed by atoms with Crippen molar-refractivity contribution in [2.75, 3.05) is 17.6 Å². The number of fused-ring (bicyclic) bond motifs is 1. The van der Waals surface area contributed by atoms with Crippen LogP contribution in [0.1, 0.15) is 25.8 Å².